The third-order valence-electron chi connectivity index (χ3n) is 3.95. The van der Waals surface area contributed by atoms with Gasteiger partial charge >= 0.3 is 0 Å². The number of aromatic nitrogens is 2. The van der Waals surface area contributed by atoms with E-state index in [0.29, 0.717) is 5.56 Å². The number of primary amides is 1. The van der Waals surface area contributed by atoms with E-state index in [1.165, 1.54) is 0 Å². The number of hydrogen-bond donors (Lipinski definition) is 2. The summed E-state index contributed by atoms with van der Waals surface area (Å²) >= 11 is 0. The second-order valence-corrected chi connectivity index (χ2v) is 6.87. The molecule has 0 saturated heterocycles. The van der Waals surface area contributed by atoms with Gasteiger partial charge in [-0.25, -0.2) is 4.98 Å². The van der Waals surface area contributed by atoms with Crippen LogP contribution in [0.1, 0.15) is 37.0 Å². The highest BCUT2D eigenvalue weighted by Gasteiger charge is 2.19. The van der Waals surface area contributed by atoms with Gasteiger partial charge in [-0.2, -0.15) is 0 Å². The number of imidazole rings is 1. The summed E-state index contributed by atoms with van der Waals surface area (Å²) in [6.45, 7) is 6.34. The van der Waals surface area contributed by atoms with Crippen molar-refractivity contribution in [2.75, 3.05) is 0 Å². The number of carbonyl (C=O) groups excluding carboxylic acids is 1. The minimum absolute atomic E-state index is 0.0479. The minimum Gasteiger partial charge on any atom is -0.366 e. The zero-order chi connectivity index (χ0) is 17.3. The molecule has 4 heteroatoms. The molecule has 0 fully saturated rings. The highest BCUT2D eigenvalue weighted by Crippen LogP contribution is 2.30. The molecule has 24 heavy (non-hydrogen) atoms. The molecule has 1 amide bonds. The van der Waals surface area contributed by atoms with Gasteiger partial charge in [-0.3, -0.25) is 4.79 Å². The van der Waals surface area contributed by atoms with E-state index >= 15 is 0 Å². The molecule has 0 atom stereocenters. The number of benzene rings is 2. The fourth-order valence-corrected chi connectivity index (χ4v) is 2.63. The van der Waals surface area contributed by atoms with Crippen LogP contribution >= 0.6 is 0 Å². The lowest BCUT2D eigenvalue weighted by Crippen LogP contribution is -2.13. The van der Waals surface area contributed by atoms with Crippen LogP contribution in [-0.4, -0.2) is 15.9 Å². The molecule has 0 radical (unpaired) electrons. The molecular formula is C20H21N3O. The lowest BCUT2D eigenvalue weighted by molar-refractivity contribution is 0.100. The maximum atomic E-state index is 11.8. The number of rotatable bonds is 3. The van der Waals surface area contributed by atoms with Crippen molar-refractivity contribution < 1.29 is 4.79 Å². The molecular weight excluding hydrogens is 298 g/mol. The summed E-state index contributed by atoms with van der Waals surface area (Å²) in [7, 11) is 0. The van der Waals surface area contributed by atoms with Gasteiger partial charge in [0.25, 0.3) is 0 Å². The Hall–Kier alpha value is -2.88. The normalized spacial score (nSPS) is 11.5. The molecule has 4 nitrogen and oxygen atoms in total. The van der Waals surface area contributed by atoms with E-state index in [2.05, 4.69) is 30.7 Å². The summed E-state index contributed by atoms with van der Waals surface area (Å²) in [4.78, 5) is 19.7. The zero-order valence-electron chi connectivity index (χ0n) is 14.1. The van der Waals surface area contributed by atoms with Crippen molar-refractivity contribution in [3.05, 3.63) is 66.1 Å². The molecule has 0 spiro atoms. The summed E-state index contributed by atoms with van der Waals surface area (Å²) in [5, 5.41) is 0. The summed E-state index contributed by atoms with van der Waals surface area (Å²) in [5.74, 6) is 0.496. The Kier molecular flexibility index (Phi) is 3.97. The number of nitrogens with two attached hydrogens (primary N) is 1. The molecule has 1 heterocycles. The van der Waals surface area contributed by atoms with Gasteiger partial charge in [0.2, 0.25) is 5.91 Å². The van der Waals surface area contributed by atoms with Crippen LogP contribution in [0.3, 0.4) is 0 Å². The fraction of sp³-hybridized carbons (Fsp3) is 0.200. The molecule has 122 valence electrons. The number of hydrogen-bond acceptors (Lipinski definition) is 2. The number of amides is 1. The monoisotopic (exact) mass is 319 g/mol. The van der Waals surface area contributed by atoms with Gasteiger partial charge < -0.3 is 10.7 Å². The van der Waals surface area contributed by atoms with Crippen molar-refractivity contribution in [2.24, 2.45) is 5.73 Å². The first-order valence-corrected chi connectivity index (χ1v) is 7.92. The predicted molar refractivity (Wildman–Crippen MR) is 96.7 cm³/mol. The van der Waals surface area contributed by atoms with Crippen molar-refractivity contribution in [1.82, 2.24) is 9.97 Å². The van der Waals surface area contributed by atoms with E-state index in [9.17, 15) is 4.79 Å². The van der Waals surface area contributed by atoms with Crippen molar-refractivity contribution in [3.8, 4) is 22.4 Å². The molecule has 3 N–H and O–H groups in total. The van der Waals surface area contributed by atoms with Crippen LogP contribution in [0.15, 0.2) is 54.7 Å². The van der Waals surface area contributed by atoms with Crippen molar-refractivity contribution in [3.63, 3.8) is 0 Å². The Bertz CT molecular complexity index is 873. The van der Waals surface area contributed by atoms with Crippen LogP contribution < -0.4 is 5.73 Å². The zero-order valence-corrected chi connectivity index (χ0v) is 14.1. The van der Waals surface area contributed by atoms with E-state index in [4.69, 9.17) is 5.73 Å². The van der Waals surface area contributed by atoms with Gasteiger partial charge in [0.05, 0.1) is 5.69 Å². The number of aromatic amines is 1. The van der Waals surface area contributed by atoms with Gasteiger partial charge in [0.1, 0.15) is 5.82 Å². The van der Waals surface area contributed by atoms with E-state index in [1.807, 2.05) is 48.7 Å². The summed E-state index contributed by atoms with van der Waals surface area (Å²) in [6, 6.07) is 15.4. The van der Waals surface area contributed by atoms with Crippen LogP contribution in [0, 0.1) is 0 Å². The maximum Gasteiger partial charge on any atom is 0.249 e. The first-order valence-electron chi connectivity index (χ1n) is 7.92. The van der Waals surface area contributed by atoms with Gasteiger partial charge in [-0.15, -0.1) is 0 Å². The van der Waals surface area contributed by atoms with Crippen LogP contribution in [0.25, 0.3) is 22.4 Å². The quantitative estimate of drug-likeness (QED) is 0.761. The van der Waals surface area contributed by atoms with Gasteiger partial charge in [0, 0.05) is 22.7 Å². The molecule has 0 aliphatic heterocycles. The Morgan fingerprint density at radius 3 is 2.33 bits per heavy atom. The number of H-pyrrole nitrogens is 1. The Balaban J connectivity index is 2.11. The maximum absolute atomic E-state index is 11.8. The van der Waals surface area contributed by atoms with Crippen molar-refractivity contribution >= 4 is 5.91 Å². The predicted octanol–water partition coefficient (Wildman–Crippen LogP) is 4.14. The Labute approximate surface area is 141 Å². The second kappa shape index (κ2) is 5.96. The molecule has 0 unspecified atom stereocenters. The average molecular weight is 319 g/mol. The van der Waals surface area contributed by atoms with Crippen LogP contribution in [-0.2, 0) is 5.41 Å². The van der Waals surface area contributed by atoms with Crippen LogP contribution in [0.5, 0.6) is 0 Å². The number of nitrogens with zero attached hydrogens (tertiary/aromatic N) is 1. The number of nitrogens with one attached hydrogen (secondary N) is 1. The smallest absolute Gasteiger partial charge is 0.249 e. The molecule has 2 aromatic carbocycles. The Morgan fingerprint density at radius 2 is 1.75 bits per heavy atom. The summed E-state index contributed by atoms with van der Waals surface area (Å²) in [5.41, 5.74) is 9.59. The number of carbonyl (C=O) groups is 1. The van der Waals surface area contributed by atoms with Gasteiger partial charge in [0.15, 0.2) is 0 Å². The molecule has 0 aliphatic carbocycles. The third-order valence-corrected chi connectivity index (χ3v) is 3.95. The lowest BCUT2D eigenvalue weighted by atomic mass is 9.95. The molecule has 0 saturated carbocycles. The minimum atomic E-state index is -0.433. The first-order chi connectivity index (χ1) is 11.4. The fourth-order valence-electron chi connectivity index (χ4n) is 2.63. The highest BCUT2D eigenvalue weighted by atomic mass is 16.1. The summed E-state index contributed by atoms with van der Waals surface area (Å²) in [6.07, 6.45) is 1.90. The van der Waals surface area contributed by atoms with Crippen LogP contribution in [0.4, 0.5) is 0 Å². The molecule has 3 aromatic rings. The van der Waals surface area contributed by atoms with E-state index in [1.54, 1.807) is 6.07 Å². The van der Waals surface area contributed by atoms with E-state index < -0.39 is 5.91 Å². The Morgan fingerprint density at radius 1 is 1.04 bits per heavy atom. The molecule has 3 rings (SSSR count). The molecule has 0 bridgehead atoms. The second-order valence-electron chi connectivity index (χ2n) is 6.87. The van der Waals surface area contributed by atoms with Gasteiger partial charge in [-0.1, -0.05) is 57.2 Å². The molecule has 1 aromatic heterocycles. The van der Waals surface area contributed by atoms with E-state index in [0.717, 1.165) is 28.2 Å². The lowest BCUT2D eigenvalue weighted by Gasteiger charge is -2.14. The average Bonchev–Trinajstić information content (AvgIpc) is 3.05. The molecule has 0 aliphatic rings. The van der Waals surface area contributed by atoms with Crippen molar-refractivity contribution in [2.45, 2.75) is 26.2 Å². The largest absolute Gasteiger partial charge is 0.366 e. The standard InChI is InChI=1S/C20H21N3O/c1-20(2,3)19-22-12-17(23-19)14-9-10-15(18(21)24)16(11-14)13-7-5-4-6-8-13/h4-12H,1-3H3,(H2,21,24)(H,22,23). The third kappa shape index (κ3) is 3.08. The SMILES string of the molecule is CC(C)(C)c1nc(-c2ccc(C(N)=O)c(-c3ccccc3)c2)c[nH]1. The summed E-state index contributed by atoms with van der Waals surface area (Å²) < 4.78 is 0. The highest BCUT2D eigenvalue weighted by molar-refractivity contribution is 6.00. The van der Waals surface area contributed by atoms with Crippen LogP contribution in [0.2, 0.25) is 0 Å². The van der Waals surface area contributed by atoms with Gasteiger partial charge in [-0.05, 0) is 23.3 Å². The topological polar surface area (TPSA) is 71.8 Å². The van der Waals surface area contributed by atoms with Crippen molar-refractivity contribution in [1.29, 1.82) is 0 Å². The first kappa shape index (κ1) is 16.0. The van der Waals surface area contributed by atoms with E-state index in [-0.39, 0.29) is 5.41 Å².